The van der Waals surface area contributed by atoms with Crippen LogP contribution in [0, 0.1) is 10.1 Å². The van der Waals surface area contributed by atoms with Crippen LogP contribution in [0.15, 0.2) is 18.2 Å². The molecule has 1 aliphatic carbocycles. The topological polar surface area (TPSA) is 188 Å². The van der Waals surface area contributed by atoms with E-state index in [0.717, 1.165) is 43.9 Å². The standard InChI is InChI=1S/C9H7NO6.C6H14N2O2.Pt/c11-8(12)4-6-5(9(13)14)2-1-3-7(6)10(15)16;9-7-5-3-1-2-4-6(5)8-10;/h1-3H,4H2,(H,11,12)(H,13,14);5-10H,1-4H2;/q;;+2/p-2. The SMILES string of the molecule is O=C([O-])Cc1c(C(=O)[O-])cccc1[N+](=O)[O-].ONC1CCCCC1NO.[Pt+2]. The predicted octanol–water partition coefficient (Wildman–Crippen LogP) is -1.50. The number of nitro groups is 1. The second-order valence-corrected chi connectivity index (χ2v) is 5.65. The summed E-state index contributed by atoms with van der Waals surface area (Å²) >= 11 is 0. The Kier molecular flexibility index (Phi) is 11.6. The third kappa shape index (κ3) is 7.69. The van der Waals surface area contributed by atoms with Gasteiger partial charge in [-0.15, -0.1) is 0 Å². The summed E-state index contributed by atoms with van der Waals surface area (Å²) < 4.78 is 0. The van der Waals surface area contributed by atoms with E-state index in [2.05, 4.69) is 11.0 Å². The molecule has 1 aromatic rings. The minimum absolute atomic E-state index is 0. The van der Waals surface area contributed by atoms with Gasteiger partial charge in [0.15, 0.2) is 0 Å². The Morgan fingerprint density at radius 1 is 1.11 bits per heavy atom. The van der Waals surface area contributed by atoms with Crippen molar-refractivity contribution in [2.45, 2.75) is 44.2 Å². The molecular formula is C15H19N3O8Pt. The van der Waals surface area contributed by atoms with Crippen molar-refractivity contribution >= 4 is 17.6 Å². The number of nitrogens with zero attached hydrogens (tertiary/aromatic N) is 1. The third-order valence-electron chi connectivity index (χ3n) is 3.99. The van der Waals surface area contributed by atoms with Crippen molar-refractivity contribution in [1.29, 1.82) is 0 Å². The number of aliphatic carboxylic acids is 1. The molecule has 0 bridgehead atoms. The van der Waals surface area contributed by atoms with Crippen LogP contribution in [0.25, 0.3) is 0 Å². The van der Waals surface area contributed by atoms with E-state index in [1.54, 1.807) is 0 Å². The number of benzene rings is 1. The van der Waals surface area contributed by atoms with Crippen molar-refractivity contribution in [1.82, 2.24) is 11.0 Å². The van der Waals surface area contributed by atoms with E-state index in [1.807, 2.05) is 0 Å². The molecule has 12 heteroatoms. The van der Waals surface area contributed by atoms with E-state index >= 15 is 0 Å². The number of aromatic carboxylic acids is 1. The number of hydrogen-bond acceptors (Lipinski definition) is 10. The first-order valence-electron chi connectivity index (χ1n) is 7.78. The van der Waals surface area contributed by atoms with Crippen molar-refractivity contribution in [3.05, 3.63) is 39.4 Å². The summed E-state index contributed by atoms with van der Waals surface area (Å²) in [7, 11) is 0. The van der Waals surface area contributed by atoms with Crippen LogP contribution < -0.4 is 21.2 Å². The molecule has 0 radical (unpaired) electrons. The summed E-state index contributed by atoms with van der Waals surface area (Å²) in [5.74, 6) is -3.27. The molecule has 1 aliphatic rings. The first kappa shape index (κ1) is 25.1. The van der Waals surface area contributed by atoms with Gasteiger partial charge in [-0.25, -0.2) is 11.0 Å². The van der Waals surface area contributed by atoms with Crippen LogP contribution in [0.2, 0.25) is 0 Å². The number of nitrogens with one attached hydrogen (secondary N) is 2. The third-order valence-corrected chi connectivity index (χ3v) is 3.99. The molecule has 0 spiro atoms. The van der Waals surface area contributed by atoms with E-state index in [1.165, 1.54) is 0 Å². The molecule has 0 aliphatic heterocycles. The molecule has 0 amide bonds. The first-order chi connectivity index (χ1) is 12.3. The maximum Gasteiger partial charge on any atom is 2.00 e. The number of carboxylic acid groups (broad SMARTS) is 2. The summed E-state index contributed by atoms with van der Waals surface area (Å²) in [5, 5.41) is 48.7. The first-order valence-corrected chi connectivity index (χ1v) is 7.78. The van der Waals surface area contributed by atoms with E-state index in [9.17, 15) is 29.9 Å². The number of carbonyl (C=O) groups excluding carboxylic acids is 2. The largest absolute Gasteiger partial charge is 2.00 e. The number of carbonyl (C=O) groups is 2. The van der Waals surface area contributed by atoms with Gasteiger partial charge in [-0.05, 0) is 12.8 Å². The fourth-order valence-electron chi connectivity index (χ4n) is 2.71. The molecule has 2 rings (SSSR count). The van der Waals surface area contributed by atoms with Gasteiger partial charge in [-0.3, -0.25) is 10.1 Å². The van der Waals surface area contributed by atoms with Gasteiger partial charge in [0.1, 0.15) is 0 Å². The molecule has 1 saturated carbocycles. The number of rotatable bonds is 6. The molecule has 11 nitrogen and oxygen atoms in total. The minimum Gasteiger partial charge on any atom is -0.550 e. The summed E-state index contributed by atoms with van der Waals surface area (Å²) in [5.41, 5.74) is 2.85. The zero-order chi connectivity index (χ0) is 19.7. The number of hydroxylamine groups is 2. The molecule has 27 heavy (non-hydrogen) atoms. The average Bonchev–Trinajstić information content (AvgIpc) is 2.61. The van der Waals surface area contributed by atoms with Crippen molar-refractivity contribution in [2.24, 2.45) is 0 Å². The van der Waals surface area contributed by atoms with Gasteiger partial charge < -0.3 is 30.2 Å². The number of hydrogen-bond donors (Lipinski definition) is 4. The maximum absolute atomic E-state index is 10.6. The van der Waals surface area contributed by atoms with Gasteiger partial charge in [-0.2, -0.15) is 0 Å². The van der Waals surface area contributed by atoms with Crippen molar-refractivity contribution in [2.75, 3.05) is 0 Å². The van der Waals surface area contributed by atoms with Gasteiger partial charge in [0.25, 0.3) is 5.69 Å². The Bertz CT molecular complexity index is 614. The molecule has 1 aromatic carbocycles. The Labute approximate surface area is 168 Å². The van der Waals surface area contributed by atoms with Gasteiger partial charge in [0, 0.05) is 41.7 Å². The predicted molar refractivity (Wildman–Crippen MR) is 82.0 cm³/mol. The summed E-state index contributed by atoms with van der Waals surface area (Å²) in [4.78, 5) is 30.7. The fraction of sp³-hybridized carbons (Fsp3) is 0.467. The fourth-order valence-corrected chi connectivity index (χ4v) is 2.71. The van der Waals surface area contributed by atoms with Crippen molar-refractivity contribution in [3.63, 3.8) is 0 Å². The molecule has 1 fully saturated rings. The van der Waals surface area contributed by atoms with Crippen molar-refractivity contribution < 1.29 is 56.2 Å². The Morgan fingerprint density at radius 2 is 1.63 bits per heavy atom. The van der Waals surface area contributed by atoms with Crippen LogP contribution in [0.5, 0.6) is 0 Å². The Balaban J connectivity index is 0.000000531. The smallest absolute Gasteiger partial charge is 0.550 e. The van der Waals surface area contributed by atoms with Crippen molar-refractivity contribution in [3.8, 4) is 0 Å². The quantitative estimate of drug-likeness (QED) is 0.234. The molecule has 0 heterocycles. The van der Waals surface area contributed by atoms with Crippen LogP contribution >= 0.6 is 0 Å². The Morgan fingerprint density at radius 3 is 2.00 bits per heavy atom. The number of carboxylic acids is 2. The van der Waals surface area contributed by atoms with E-state index in [4.69, 9.17) is 10.4 Å². The molecule has 0 aromatic heterocycles. The zero-order valence-electron chi connectivity index (χ0n) is 14.0. The van der Waals surface area contributed by atoms with Gasteiger partial charge in [0.2, 0.25) is 0 Å². The van der Waals surface area contributed by atoms with Crippen LogP contribution in [-0.2, 0) is 32.3 Å². The Hall–Kier alpha value is -1.91. The minimum atomic E-state index is -1.67. The molecule has 152 valence electrons. The summed E-state index contributed by atoms with van der Waals surface area (Å²) in [6.45, 7) is 0. The van der Waals surface area contributed by atoms with E-state index < -0.39 is 40.1 Å². The monoisotopic (exact) mass is 564 g/mol. The van der Waals surface area contributed by atoms with Crippen LogP contribution in [0.4, 0.5) is 5.69 Å². The van der Waals surface area contributed by atoms with E-state index in [0.29, 0.717) is 0 Å². The van der Waals surface area contributed by atoms with Gasteiger partial charge in [0.05, 0.1) is 10.9 Å². The normalized spacial score (nSPS) is 18.4. The maximum atomic E-state index is 10.6. The number of nitro benzene ring substituents is 1. The molecular weight excluding hydrogens is 545 g/mol. The zero-order valence-corrected chi connectivity index (χ0v) is 16.3. The molecule has 2 unspecified atom stereocenters. The second kappa shape index (κ2) is 12.5. The molecule has 4 N–H and O–H groups in total. The van der Waals surface area contributed by atoms with Crippen LogP contribution in [-0.4, -0.2) is 39.4 Å². The van der Waals surface area contributed by atoms with E-state index in [-0.39, 0.29) is 33.1 Å². The van der Waals surface area contributed by atoms with Gasteiger partial charge >= 0.3 is 21.1 Å². The van der Waals surface area contributed by atoms with Crippen LogP contribution in [0.1, 0.15) is 41.6 Å². The molecule has 2 atom stereocenters. The van der Waals surface area contributed by atoms with Crippen LogP contribution in [0.3, 0.4) is 0 Å². The average molecular weight is 564 g/mol. The molecule has 0 saturated heterocycles. The second-order valence-electron chi connectivity index (χ2n) is 5.65. The summed E-state index contributed by atoms with van der Waals surface area (Å²) in [6.07, 6.45) is 3.25. The van der Waals surface area contributed by atoms with Gasteiger partial charge in [-0.1, -0.05) is 25.0 Å². The summed E-state index contributed by atoms with van der Waals surface area (Å²) in [6, 6.07) is 3.23.